The standard InChI is InChI=1S/C28H27Cl2N3O4/c1-36-15-14-32(28(35)22-11-4-6-13-24(22)30)18-27(34)33-26(21-10-3-5-12-23(21)29)17-25(31-33)19-8-7-9-20(16-19)37-2/h3-13,16,26H,14-15,17-18H2,1-2H3. The molecule has 3 aromatic rings. The van der Waals surface area contributed by atoms with E-state index in [0.717, 1.165) is 16.8 Å². The Morgan fingerprint density at radius 1 is 1.00 bits per heavy atom. The molecule has 0 saturated carbocycles. The van der Waals surface area contributed by atoms with Gasteiger partial charge in [0.2, 0.25) is 0 Å². The maximum Gasteiger partial charge on any atom is 0.262 e. The Morgan fingerprint density at radius 2 is 1.73 bits per heavy atom. The van der Waals surface area contributed by atoms with E-state index < -0.39 is 6.04 Å². The van der Waals surface area contributed by atoms with Crippen molar-refractivity contribution in [2.45, 2.75) is 12.5 Å². The topological polar surface area (TPSA) is 71.4 Å². The van der Waals surface area contributed by atoms with Gasteiger partial charge < -0.3 is 14.4 Å². The molecule has 2 amide bonds. The van der Waals surface area contributed by atoms with E-state index in [1.165, 1.54) is 9.91 Å². The van der Waals surface area contributed by atoms with Crippen molar-refractivity contribution >= 4 is 40.7 Å². The number of hydrogen-bond acceptors (Lipinski definition) is 5. The molecule has 9 heteroatoms. The van der Waals surface area contributed by atoms with Crippen LogP contribution < -0.4 is 4.74 Å². The summed E-state index contributed by atoms with van der Waals surface area (Å²) in [5.41, 5.74) is 2.66. The Morgan fingerprint density at radius 3 is 2.43 bits per heavy atom. The molecule has 0 N–H and O–H groups in total. The zero-order chi connectivity index (χ0) is 26.4. The quantitative estimate of drug-likeness (QED) is 0.361. The van der Waals surface area contributed by atoms with Crippen molar-refractivity contribution < 1.29 is 19.1 Å². The van der Waals surface area contributed by atoms with Gasteiger partial charge in [-0.2, -0.15) is 5.10 Å². The Balaban J connectivity index is 1.66. The van der Waals surface area contributed by atoms with Crippen molar-refractivity contribution in [3.05, 3.63) is 99.5 Å². The van der Waals surface area contributed by atoms with E-state index in [4.69, 9.17) is 37.8 Å². The van der Waals surface area contributed by atoms with Crippen molar-refractivity contribution in [3.63, 3.8) is 0 Å². The van der Waals surface area contributed by atoms with Gasteiger partial charge in [0.1, 0.15) is 12.3 Å². The summed E-state index contributed by atoms with van der Waals surface area (Å²) in [6, 6.07) is 21.2. The van der Waals surface area contributed by atoms with Crippen LogP contribution >= 0.6 is 23.2 Å². The predicted octanol–water partition coefficient (Wildman–Crippen LogP) is 5.47. The van der Waals surface area contributed by atoms with Gasteiger partial charge in [0.15, 0.2) is 0 Å². The van der Waals surface area contributed by atoms with Gasteiger partial charge in [-0.1, -0.05) is 65.7 Å². The molecule has 0 bridgehead atoms. The third-order valence-corrected chi connectivity index (χ3v) is 6.79. The number of methoxy groups -OCH3 is 2. The Bertz CT molecular complexity index is 1310. The first kappa shape index (κ1) is 26.7. The number of halogens is 2. The summed E-state index contributed by atoms with van der Waals surface area (Å²) in [5, 5.41) is 6.99. The van der Waals surface area contributed by atoms with Crippen LogP contribution in [0.2, 0.25) is 10.0 Å². The second-order valence-electron chi connectivity index (χ2n) is 8.46. The number of ether oxygens (including phenoxy) is 2. The molecule has 0 radical (unpaired) electrons. The highest BCUT2D eigenvalue weighted by atomic mass is 35.5. The van der Waals surface area contributed by atoms with Crippen LogP contribution in [0.3, 0.4) is 0 Å². The molecule has 4 rings (SSSR count). The van der Waals surface area contributed by atoms with E-state index in [2.05, 4.69) is 0 Å². The molecular formula is C28H27Cl2N3O4. The summed E-state index contributed by atoms with van der Waals surface area (Å²) in [4.78, 5) is 28.5. The van der Waals surface area contributed by atoms with E-state index in [1.54, 1.807) is 44.6 Å². The number of hydrazone groups is 1. The lowest BCUT2D eigenvalue weighted by Crippen LogP contribution is -2.42. The summed E-state index contributed by atoms with van der Waals surface area (Å²) in [6.45, 7) is 0.266. The zero-order valence-corrected chi connectivity index (χ0v) is 22.1. The minimum atomic E-state index is -0.429. The highest BCUT2D eigenvalue weighted by Crippen LogP contribution is 2.36. The average molecular weight is 540 g/mol. The molecule has 0 fully saturated rings. The molecular weight excluding hydrogens is 513 g/mol. The van der Waals surface area contributed by atoms with E-state index in [1.807, 2.05) is 42.5 Å². The molecule has 0 saturated heterocycles. The first-order valence-electron chi connectivity index (χ1n) is 11.7. The lowest BCUT2D eigenvalue weighted by Gasteiger charge is -2.27. The summed E-state index contributed by atoms with van der Waals surface area (Å²) >= 11 is 12.8. The lowest BCUT2D eigenvalue weighted by molar-refractivity contribution is -0.133. The van der Waals surface area contributed by atoms with E-state index in [-0.39, 0.29) is 31.5 Å². The van der Waals surface area contributed by atoms with Gasteiger partial charge in [-0.15, -0.1) is 0 Å². The summed E-state index contributed by atoms with van der Waals surface area (Å²) in [5.74, 6) is -0.0174. The van der Waals surface area contributed by atoms with E-state index in [9.17, 15) is 9.59 Å². The lowest BCUT2D eigenvalue weighted by atomic mass is 9.98. The van der Waals surface area contributed by atoms with Crippen molar-refractivity contribution in [1.82, 2.24) is 9.91 Å². The second kappa shape index (κ2) is 12.2. The number of nitrogens with zero attached hydrogens (tertiary/aromatic N) is 3. The number of carbonyl (C=O) groups is 2. The molecule has 3 aromatic carbocycles. The van der Waals surface area contributed by atoms with Crippen molar-refractivity contribution in [2.24, 2.45) is 5.10 Å². The monoisotopic (exact) mass is 539 g/mol. The number of hydrogen-bond donors (Lipinski definition) is 0. The second-order valence-corrected chi connectivity index (χ2v) is 9.27. The van der Waals surface area contributed by atoms with Gasteiger partial charge in [0.25, 0.3) is 11.8 Å². The Hall–Kier alpha value is -3.39. The van der Waals surface area contributed by atoms with Gasteiger partial charge in [-0.05, 0) is 35.9 Å². The third-order valence-electron chi connectivity index (χ3n) is 6.12. The third kappa shape index (κ3) is 6.13. The zero-order valence-electron chi connectivity index (χ0n) is 20.6. The summed E-state index contributed by atoms with van der Waals surface area (Å²) in [7, 11) is 3.14. The molecule has 1 atom stereocenters. The first-order chi connectivity index (χ1) is 17.9. The molecule has 1 unspecified atom stereocenters. The number of benzene rings is 3. The average Bonchev–Trinajstić information content (AvgIpc) is 3.36. The summed E-state index contributed by atoms with van der Waals surface area (Å²) in [6.07, 6.45) is 0.458. The van der Waals surface area contributed by atoms with E-state index in [0.29, 0.717) is 27.8 Å². The van der Waals surface area contributed by atoms with Crippen LogP contribution in [-0.4, -0.2) is 61.4 Å². The number of carbonyl (C=O) groups excluding carboxylic acids is 2. The van der Waals surface area contributed by atoms with Gasteiger partial charge in [-0.3, -0.25) is 9.59 Å². The molecule has 7 nitrogen and oxygen atoms in total. The predicted molar refractivity (Wildman–Crippen MR) is 144 cm³/mol. The van der Waals surface area contributed by atoms with Crippen LogP contribution in [0.25, 0.3) is 0 Å². The summed E-state index contributed by atoms with van der Waals surface area (Å²) < 4.78 is 10.6. The number of rotatable bonds is 9. The highest BCUT2D eigenvalue weighted by molar-refractivity contribution is 6.33. The molecule has 192 valence electrons. The van der Waals surface area contributed by atoms with Crippen molar-refractivity contribution in [2.75, 3.05) is 33.9 Å². The van der Waals surface area contributed by atoms with Crippen LogP contribution in [-0.2, 0) is 9.53 Å². The van der Waals surface area contributed by atoms with Crippen LogP contribution in [0.5, 0.6) is 5.75 Å². The highest BCUT2D eigenvalue weighted by Gasteiger charge is 2.35. The first-order valence-corrected chi connectivity index (χ1v) is 12.5. The largest absolute Gasteiger partial charge is 0.497 e. The molecule has 0 spiro atoms. The van der Waals surface area contributed by atoms with Gasteiger partial charge in [0, 0.05) is 30.7 Å². The van der Waals surface area contributed by atoms with E-state index >= 15 is 0 Å². The number of amides is 2. The minimum Gasteiger partial charge on any atom is -0.497 e. The van der Waals surface area contributed by atoms with Crippen LogP contribution in [0.15, 0.2) is 77.9 Å². The smallest absolute Gasteiger partial charge is 0.262 e. The van der Waals surface area contributed by atoms with Crippen molar-refractivity contribution in [1.29, 1.82) is 0 Å². The Labute approximate surface area is 226 Å². The van der Waals surface area contributed by atoms with Crippen LogP contribution in [0.1, 0.15) is 33.9 Å². The minimum absolute atomic E-state index is 0.205. The maximum absolute atomic E-state index is 13.7. The molecule has 1 aliphatic rings. The van der Waals surface area contributed by atoms with Crippen LogP contribution in [0, 0.1) is 0 Å². The molecule has 1 aliphatic heterocycles. The normalized spacial score (nSPS) is 14.9. The Kier molecular flexibility index (Phi) is 8.82. The SMILES string of the molecule is COCCN(CC(=O)N1N=C(c2cccc(OC)c2)CC1c1ccccc1Cl)C(=O)c1ccccc1Cl. The van der Waals surface area contributed by atoms with Gasteiger partial charge >= 0.3 is 0 Å². The molecule has 37 heavy (non-hydrogen) atoms. The maximum atomic E-state index is 13.7. The van der Waals surface area contributed by atoms with Crippen LogP contribution in [0.4, 0.5) is 0 Å². The van der Waals surface area contributed by atoms with Crippen molar-refractivity contribution in [3.8, 4) is 5.75 Å². The molecule has 1 heterocycles. The van der Waals surface area contributed by atoms with Gasteiger partial charge in [0.05, 0.1) is 36.1 Å². The van der Waals surface area contributed by atoms with Gasteiger partial charge in [-0.25, -0.2) is 5.01 Å². The fourth-order valence-corrected chi connectivity index (χ4v) is 4.68. The molecule has 0 aliphatic carbocycles. The molecule has 0 aromatic heterocycles. The fourth-order valence-electron chi connectivity index (χ4n) is 4.20. The fraction of sp³-hybridized carbons (Fsp3) is 0.250.